The Morgan fingerprint density at radius 1 is 1.11 bits per heavy atom. The average molecular weight is 254 g/mol. The van der Waals surface area contributed by atoms with Crippen LogP contribution in [0.4, 0.5) is 5.69 Å². The number of para-hydroxylation sites is 1. The molecule has 0 radical (unpaired) electrons. The van der Waals surface area contributed by atoms with Gasteiger partial charge in [-0.25, -0.2) is 0 Å². The average Bonchev–Trinajstić information content (AvgIpc) is 2.46. The lowest BCUT2D eigenvalue weighted by Crippen LogP contribution is -2.45. The van der Waals surface area contributed by atoms with Crippen molar-refractivity contribution in [3.63, 3.8) is 0 Å². The molecule has 0 saturated carbocycles. The molecule has 3 nitrogen and oxygen atoms in total. The second-order valence-corrected chi connectivity index (χ2v) is 5.09. The highest BCUT2D eigenvalue weighted by Crippen LogP contribution is 2.38. The Labute approximate surface area is 113 Å². The van der Waals surface area contributed by atoms with E-state index in [-0.39, 0.29) is 0 Å². The molecule has 0 aromatic heterocycles. The molecule has 98 valence electrons. The van der Waals surface area contributed by atoms with E-state index in [1.807, 2.05) is 55.5 Å². The molecular formula is C16H18N2O. The van der Waals surface area contributed by atoms with Crippen molar-refractivity contribution in [3.8, 4) is 0 Å². The van der Waals surface area contributed by atoms with Crippen LogP contribution in [0.25, 0.3) is 6.08 Å². The normalized spacial score (nSPS) is 19.6. The van der Waals surface area contributed by atoms with Gasteiger partial charge in [-0.15, -0.1) is 0 Å². The Morgan fingerprint density at radius 2 is 1.79 bits per heavy atom. The number of allylic oxidation sites excluding steroid dienone is 2. The fraction of sp³-hybridized carbons (Fsp3) is 0.250. The molecule has 2 heterocycles. The summed E-state index contributed by atoms with van der Waals surface area (Å²) in [5, 5.41) is 14.7. The number of aliphatic hydroxyl groups is 1. The third kappa shape index (κ3) is 1.87. The van der Waals surface area contributed by atoms with Gasteiger partial charge in [-0.05, 0) is 37.6 Å². The van der Waals surface area contributed by atoms with E-state index in [2.05, 4.69) is 23.2 Å². The van der Waals surface area contributed by atoms with Crippen LogP contribution in [0.1, 0.15) is 25.8 Å². The zero-order chi connectivity index (χ0) is 13.5. The maximum atomic E-state index is 10.6. The fourth-order valence-corrected chi connectivity index (χ4v) is 2.41. The number of nitrogens with zero attached hydrogens (tertiary/aromatic N) is 2. The minimum absolute atomic E-state index is 0.670. The number of anilines is 1. The molecule has 0 bridgehead atoms. The van der Waals surface area contributed by atoms with Gasteiger partial charge in [0.15, 0.2) is 0 Å². The molecule has 0 aliphatic carbocycles. The van der Waals surface area contributed by atoms with Gasteiger partial charge in [0, 0.05) is 18.0 Å². The molecule has 0 spiro atoms. The van der Waals surface area contributed by atoms with Crippen LogP contribution in [0.5, 0.6) is 0 Å². The van der Waals surface area contributed by atoms with Crippen molar-refractivity contribution in [2.24, 2.45) is 0 Å². The number of benzene rings is 1. The van der Waals surface area contributed by atoms with Crippen LogP contribution in [-0.2, 0) is 0 Å². The summed E-state index contributed by atoms with van der Waals surface area (Å²) < 4.78 is 0. The smallest absolute Gasteiger partial charge is 0.103 e. The summed E-state index contributed by atoms with van der Waals surface area (Å²) in [5.74, 6) is 0. The minimum Gasteiger partial charge on any atom is -0.384 e. The first kappa shape index (κ1) is 12.1. The lowest BCUT2D eigenvalue weighted by Gasteiger charge is -2.44. The standard InChI is InChI=1S/C16H18N2O/c1-3-16(2,19)15-12-13-8-4-5-9-14(13)17-10-6-7-11-18(15)17/h4-12,19H,3H2,1-2H3. The van der Waals surface area contributed by atoms with Crippen LogP contribution in [0.2, 0.25) is 0 Å². The first-order valence-electron chi connectivity index (χ1n) is 6.60. The maximum Gasteiger partial charge on any atom is 0.103 e. The lowest BCUT2D eigenvalue weighted by atomic mass is 9.94. The summed E-state index contributed by atoms with van der Waals surface area (Å²) in [6.07, 6.45) is 10.7. The lowest BCUT2D eigenvalue weighted by molar-refractivity contribution is 0.0695. The van der Waals surface area contributed by atoms with E-state index in [1.165, 1.54) is 0 Å². The second-order valence-electron chi connectivity index (χ2n) is 5.09. The van der Waals surface area contributed by atoms with E-state index < -0.39 is 5.60 Å². The Bertz CT molecular complexity index is 584. The van der Waals surface area contributed by atoms with Crippen molar-refractivity contribution in [1.82, 2.24) is 5.01 Å². The van der Waals surface area contributed by atoms with Gasteiger partial charge in [0.1, 0.15) is 5.60 Å². The van der Waals surface area contributed by atoms with Gasteiger partial charge >= 0.3 is 0 Å². The molecule has 0 amide bonds. The van der Waals surface area contributed by atoms with Crippen molar-refractivity contribution in [1.29, 1.82) is 0 Å². The van der Waals surface area contributed by atoms with Crippen molar-refractivity contribution in [3.05, 3.63) is 60.1 Å². The topological polar surface area (TPSA) is 26.7 Å². The number of rotatable bonds is 2. The minimum atomic E-state index is -0.846. The highest BCUT2D eigenvalue weighted by atomic mass is 16.3. The summed E-state index contributed by atoms with van der Waals surface area (Å²) in [5.41, 5.74) is 2.30. The molecule has 0 saturated heterocycles. The number of hydrogen-bond donors (Lipinski definition) is 1. The van der Waals surface area contributed by atoms with Crippen LogP contribution >= 0.6 is 0 Å². The van der Waals surface area contributed by atoms with Gasteiger partial charge in [0.05, 0.1) is 11.4 Å². The van der Waals surface area contributed by atoms with Gasteiger partial charge in [-0.1, -0.05) is 25.1 Å². The zero-order valence-corrected chi connectivity index (χ0v) is 11.2. The van der Waals surface area contributed by atoms with Crippen molar-refractivity contribution in [2.75, 3.05) is 5.01 Å². The summed E-state index contributed by atoms with van der Waals surface area (Å²) in [6, 6.07) is 8.21. The largest absolute Gasteiger partial charge is 0.384 e. The van der Waals surface area contributed by atoms with E-state index >= 15 is 0 Å². The first-order chi connectivity index (χ1) is 9.13. The molecule has 3 rings (SSSR count). The van der Waals surface area contributed by atoms with Gasteiger partial charge in [0.25, 0.3) is 0 Å². The van der Waals surface area contributed by atoms with Crippen molar-refractivity contribution < 1.29 is 5.11 Å². The van der Waals surface area contributed by atoms with Crippen LogP contribution < -0.4 is 5.01 Å². The SMILES string of the molecule is CCC(C)(O)C1=Cc2ccccc2N2C=CC=CN12. The van der Waals surface area contributed by atoms with Gasteiger partial charge in [0.2, 0.25) is 0 Å². The zero-order valence-electron chi connectivity index (χ0n) is 11.2. The van der Waals surface area contributed by atoms with E-state index in [0.717, 1.165) is 16.9 Å². The van der Waals surface area contributed by atoms with Crippen molar-refractivity contribution in [2.45, 2.75) is 25.9 Å². The van der Waals surface area contributed by atoms with Gasteiger partial charge in [-0.3, -0.25) is 10.0 Å². The quantitative estimate of drug-likeness (QED) is 0.877. The molecule has 1 aromatic carbocycles. The molecule has 1 unspecified atom stereocenters. The van der Waals surface area contributed by atoms with Gasteiger partial charge < -0.3 is 5.11 Å². The molecule has 2 aliphatic rings. The third-order valence-corrected chi connectivity index (χ3v) is 3.76. The first-order valence-corrected chi connectivity index (χ1v) is 6.60. The van der Waals surface area contributed by atoms with E-state index in [4.69, 9.17) is 0 Å². The third-order valence-electron chi connectivity index (χ3n) is 3.76. The molecule has 19 heavy (non-hydrogen) atoms. The Balaban J connectivity index is 2.17. The van der Waals surface area contributed by atoms with E-state index in [1.54, 1.807) is 0 Å². The highest BCUT2D eigenvalue weighted by Gasteiger charge is 2.34. The Morgan fingerprint density at radius 3 is 2.53 bits per heavy atom. The Hall–Kier alpha value is -2.00. The molecular weight excluding hydrogens is 236 g/mol. The van der Waals surface area contributed by atoms with Gasteiger partial charge in [-0.2, -0.15) is 0 Å². The van der Waals surface area contributed by atoms with E-state index in [0.29, 0.717) is 6.42 Å². The summed E-state index contributed by atoms with van der Waals surface area (Å²) in [7, 11) is 0. The summed E-state index contributed by atoms with van der Waals surface area (Å²) in [4.78, 5) is 0. The number of hydrazine groups is 1. The predicted octanol–water partition coefficient (Wildman–Crippen LogP) is 3.27. The van der Waals surface area contributed by atoms with Crippen LogP contribution in [0.3, 0.4) is 0 Å². The fourth-order valence-electron chi connectivity index (χ4n) is 2.41. The van der Waals surface area contributed by atoms with E-state index in [9.17, 15) is 5.11 Å². The summed E-state index contributed by atoms with van der Waals surface area (Å²) in [6.45, 7) is 3.85. The monoisotopic (exact) mass is 254 g/mol. The van der Waals surface area contributed by atoms with Crippen LogP contribution in [0.15, 0.2) is 54.5 Å². The van der Waals surface area contributed by atoms with Crippen LogP contribution in [-0.4, -0.2) is 15.7 Å². The molecule has 1 atom stereocenters. The number of fused-ring (bicyclic) bond motifs is 3. The Kier molecular flexibility index (Phi) is 2.72. The maximum absolute atomic E-state index is 10.6. The molecule has 2 aliphatic heterocycles. The van der Waals surface area contributed by atoms with Crippen molar-refractivity contribution >= 4 is 11.8 Å². The molecule has 3 heteroatoms. The number of hydrogen-bond acceptors (Lipinski definition) is 3. The van der Waals surface area contributed by atoms with Crippen LogP contribution in [0, 0.1) is 0 Å². The second kappa shape index (κ2) is 4.28. The highest BCUT2D eigenvalue weighted by molar-refractivity contribution is 5.74. The molecule has 1 aromatic rings. The summed E-state index contributed by atoms with van der Waals surface area (Å²) >= 11 is 0. The molecule has 0 fully saturated rings. The molecule has 1 N–H and O–H groups in total. The predicted molar refractivity (Wildman–Crippen MR) is 77.9 cm³/mol.